The second-order valence-corrected chi connectivity index (χ2v) is 10.7. The van der Waals surface area contributed by atoms with Crippen molar-refractivity contribution >= 4 is 15.7 Å². The van der Waals surface area contributed by atoms with Crippen LogP contribution in [0.2, 0.25) is 0 Å². The molecule has 0 bridgehead atoms. The topological polar surface area (TPSA) is 81.5 Å². The van der Waals surface area contributed by atoms with Gasteiger partial charge in [0.2, 0.25) is 20.9 Å². The summed E-state index contributed by atoms with van der Waals surface area (Å²) >= 11 is 0. The predicted octanol–water partition coefficient (Wildman–Crippen LogP) is 3.74. The van der Waals surface area contributed by atoms with Crippen LogP contribution in [0.1, 0.15) is 44.4 Å². The Balaban J connectivity index is 1.94. The van der Waals surface area contributed by atoms with E-state index in [0.717, 1.165) is 12.8 Å². The molecule has 1 atom stereocenters. The fourth-order valence-corrected chi connectivity index (χ4v) is 5.44. The van der Waals surface area contributed by atoms with Crippen molar-refractivity contribution in [1.29, 1.82) is 0 Å². The van der Waals surface area contributed by atoms with Crippen LogP contribution in [0.25, 0.3) is 0 Å². The van der Waals surface area contributed by atoms with Gasteiger partial charge in [-0.2, -0.15) is 0 Å². The second-order valence-electron chi connectivity index (χ2n) is 8.79. The molecule has 1 aromatic carbocycles. The minimum absolute atomic E-state index is 0.0365. The molecule has 0 N–H and O–H groups in total. The van der Waals surface area contributed by atoms with Gasteiger partial charge >= 0.3 is 0 Å². The lowest BCUT2D eigenvalue weighted by molar-refractivity contribution is -0.132. The number of hydrogen-bond donors (Lipinski definition) is 0. The highest BCUT2D eigenvalue weighted by molar-refractivity contribution is 7.90. The maximum Gasteiger partial charge on any atom is 0.228 e. The van der Waals surface area contributed by atoms with Crippen molar-refractivity contribution in [2.24, 2.45) is 5.92 Å². The Hall–Kier alpha value is -2.52. The first-order chi connectivity index (χ1) is 15.7. The summed E-state index contributed by atoms with van der Waals surface area (Å²) < 4.78 is 48.0. The van der Waals surface area contributed by atoms with Crippen LogP contribution in [0.3, 0.4) is 0 Å². The molecular formula is C24H32FN3O4S. The van der Waals surface area contributed by atoms with Crippen LogP contribution in [0.4, 0.5) is 4.39 Å². The lowest BCUT2D eigenvalue weighted by atomic mass is 10.1. The first-order valence-corrected chi connectivity index (χ1v) is 12.9. The number of amides is 1. The van der Waals surface area contributed by atoms with E-state index in [9.17, 15) is 17.6 Å². The zero-order chi connectivity index (χ0) is 24.0. The minimum Gasteiger partial charge on any atom is -0.376 e. The standard InChI is InChI=1S/C24H32FN3O4S/c1-4-11-27(23(29)13-18(2)3)15-20-14-26-24(28(20)16-21-9-7-12-32-21)33(30,31)17-19-8-5-6-10-22(19)25/h4-6,8,10,14,18,21H,1,7,9,11-13,15-17H2,2-3H3. The number of nitrogens with zero attached hydrogens (tertiary/aromatic N) is 3. The predicted molar refractivity (Wildman–Crippen MR) is 124 cm³/mol. The molecule has 7 nitrogen and oxygen atoms in total. The summed E-state index contributed by atoms with van der Waals surface area (Å²) in [6.45, 7) is 9.16. The lowest BCUT2D eigenvalue weighted by Gasteiger charge is -2.24. The van der Waals surface area contributed by atoms with Crippen LogP contribution >= 0.6 is 0 Å². The number of sulfone groups is 1. The van der Waals surface area contributed by atoms with Gasteiger partial charge < -0.3 is 14.2 Å². The Morgan fingerprint density at radius 1 is 1.39 bits per heavy atom. The number of carbonyl (C=O) groups excluding carboxylic acids is 1. The molecule has 1 unspecified atom stereocenters. The number of hydrogen-bond acceptors (Lipinski definition) is 5. The van der Waals surface area contributed by atoms with Gasteiger partial charge in [-0.05, 0) is 24.8 Å². The van der Waals surface area contributed by atoms with E-state index in [1.807, 2.05) is 13.8 Å². The van der Waals surface area contributed by atoms with Crippen molar-refractivity contribution in [2.45, 2.75) is 63.2 Å². The number of imidazole rings is 1. The molecule has 1 amide bonds. The highest BCUT2D eigenvalue weighted by atomic mass is 32.2. The minimum atomic E-state index is -3.94. The highest BCUT2D eigenvalue weighted by Crippen LogP contribution is 2.23. The van der Waals surface area contributed by atoms with Gasteiger partial charge in [-0.3, -0.25) is 4.79 Å². The zero-order valence-corrected chi connectivity index (χ0v) is 20.1. The van der Waals surface area contributed by atoms with E-state index in [1.165, 1.54) is 24.4 Å². The molecule has 1 aliphatic rings. The van der Waals surface area contributed by atoms with Crippen molar-refractivity contribution in [3.8, 4) is 0 Å². The van der Waals surface area contributed by atoms with Crippen LogP contribution in [0, 0.1) is 11.7 Å². The smallest absolute Gasteiger partial charge is 0.228 e. The van der Waals surface area contributed by atoms with E-state index in [4.69, 9.17) is 4.74 Å². The number of halogens is 1. The third-order valence-corrected chi connectivity index (χ3v) is 7.10. The normalized spacial score (nSPS) is 16.3. The Kier molecular flexibility index (Phi) is 8.42. The van der Waals surface area contributed by atoms with E-state index >= 15 is 0 Å². The van der Waals surface area contributed by atoms with E-state index in [2.05, 4.69) is 11.6 Å². The maximum atomic E-state index is 14.2. The third-order valence-electron chi connectivity index (χ3n) is 5.53. The van der Waals surface area contributed by atoms with Crippen LogP contribution in [-0.2, 0) is 38.2 Å². The number of carbonyl (C=O) groups is 1. The molecule has 0 aliphatic carbocycles. The summed E-state index contributed by atoms with van der Waals surface area (Å²) in [7, 11) is -3.94. The first-order valence-electron chi connectivity index (χ1n) is 11.2. The molecule has 1 fully saturated rings. The van der Waals surface area contributed by atoms with Crippen LogP contribution in [-0.4, -0.2) is 48.0 Å². The number of rotatable bonds is 11. The van der Waals surface area contributed by atoms with Crippen LogP contribution in [0.15, 0.2) is 48.3 Å². The van der Waals surface area contributed by atoms with Gasteiger partial charge in [0.15, 0.2) is 0 Å². The van der Waals surface area contributed by atoms with Crippen LogP contribution < -0.4 is 0 Å². The molecular weight excluding hydrogens is 445 g/mol. The molecule has 2 heterocycles. The van der Waals surface area contributed by atoms with E-state index in [-0.39, 0.29) is 35.2 Å². The van der Waals surface area contributed by atoms with E-state index in [0.29, 0.717) is 31.8 Å². The molecule has 3 rings (SSSR count). The van der Waals surface area contributed by atoms with Gasteiger partial charge in [0.05, 0.1) is 36.8 Å². The van der Waals surface area contributed by atoms with Crippen molar-refractivity contribution < 1.29 is 22.3 Å². The fourth-order valence-electron chi connectivity index (χ4n) is 3.92. The molecule has 1 aromatic heterocycles. The van der Waals surface area contributed by atoms with Gasteiger partial charge in [-0.25, -0.2) is 17.8 Å². The van der Waals surface area contributed by atoms with Crippen molar-refractivity contribution in [3.05, 3.63) is 60.2 Å². The Morgan fingerprint density at radius 3 is 2.79 bits per heavy atom. The SMILES string of the molecule is C=CCN(Cc1cnc(S(=O)(=O)Cc2ccccc2F)n1CC1CCCO1)C(=O)CC(C)C. The largest absolute Gasteiger partial charge is 0.376 e. The average Bonchev–Trinajstić information content (AvgIpc) is 3.40. The molecule has 1 saturated heterocycles. The Bertz CT molecular complexity index is 1080. The molecule has 2 aromatic rings. The monoisotopic (exact) mass is 477 g/mol. The van der Waals surface area contributed by atoms with E-state index < -0.39 is 21.4 Å². The van der Waals surface area contributed by atoms with Crippen molar-refractivity contribution in [3.63, 3.8) is 0 Å². The maximum absolute atomic E-state index is 14.2. The number of ether oxygens (including phenoxy) is 1. The molecule has 33 heavy (non-hydrogen) atoms. The molecule has 1 aliphatic heterocycles. The average molecular weight is 478 g/mol. The summed E-state index contributed by atoms with van der Waals surface area (Å²) in [4.78, 5) is 18.6. The summed E-state index contributed by atoms with van der Waals surface area (Å²) in [6.07, 6.45) is 5.09. The second kappa shape index (κ2) is 11.1. The number of benzene rings is 1. The molecule has 180 valence electrons. The van der Waals surface area contributed by atoms with Crippen LogP contribution in [0.5, 0.6) is 0 Å². The number of aromatic nitrogens is 2. The Morgan fingerprint density at radius 2 is 2.15 bits per heavy atom. The molecule has 0 spiro atoms. The van der Waals surface area contributed by atoms with Gasteiger partial charge in [0.1, 0.15) is 5.82 Å². The lowest BCUT2D eigenvalue weighted by Crippen LogP contribution is -2.33. The van der Waals surface area contributed by atoms with Gasteiger partial charge in [-0.15, -0.1) is 6.58 Å². The highest BCUT2D eigenvalue weighted by Gasteiger charge is 2.29. The van der Waals surface area contributed by atoms with Gasteiger partial charge in [0.25, 0.3) is 0 Å². The Labute approximate surface area is 195 Å². The molecule has 0 radical (unpaired) electrons. The first kappa shape index (κ1) is 25.1. The molecule has 0 saturated carbocycles. The zero-order valence-electron chi connectivity index (χ0n) is 19.2. The van der Waals surface area contributed by atoms with E-state index in [1.54, 1.807) is 21.6 Å². The van der Waals surface area contributed by atoms with Gasteiger partial charge in [0, 0.05) is 25.1 Å². The quantitative estimate of drug-likeness (QED) is 0.461. The molecule has 9 heteroatoms. The summed E-state index contributed by atoms with van der Waals surface area (Å²) in [6, 6.07) is 5.82. The van der Waals surface area contributed by atoms with Gasteiger partial charge in [-0.1, -0.05) is 38.1 Å². The fraction of sp³-hybridized carbons (Fsp3) is 0.500. The third kappa shape index (κ3) is 6.51. The van der Waals surface area contributed by atoms with Crippen molar-refractivity contribution in [1.82, 2.24) is 14.5 Å². The summed E-state index contributed by atoms with van der Waals surface area (Å²) in [5, 5.41) is -0.133. The summed E-state index contributed by atoms with van der Waals surface area (Å²) in [5.74, 6) is -0.913. The van der Waals surface area contributed by atoms with Crippen molar-refractivity contribution in [2.75, 3.05) is 13.2 Å². The summed E-state index contributed by atoms with van der Waals surface area (Å²) in [5.41, 5.74) is 0.683.